The molecule has 0 heterocycles. The fraction of sp³-hybridized carbons (Fsp3) is 0.556. The Morgan fingerprint density at radius 1 is 1.16 bits per heavy atom. The summed E-state index contributed by atoms with van der Waals surface area (Å²) in [5, 5.41) is 4.99. The third-order valence-electron chi connectivity index (χ3n) is 3.71. The van der Waals surface area contributed by atoms with Crippen molar-refractivity contribution in [1.29, 1.82) is 0 Å². The van der Waals surface area contributed by atoms with Crippen molar-refractivity contribution in [2.45, 2.75) is 26.2 Å². The highest BCUT2D eigenvalue weighted by atomic mass is 16.5. The van der Waals surface area contributed by atoms with Gasteiger partial charge in [0.1, 0.15) is 0 Å². The summed E-state index contributed by atoms with van der Waals surface area (Å²) < 4.78 is 10.5. The van der Waals surface area contributed by atoms with Crippen LogP contribution in [0.2, 0.25) is 0 Å². The maximum atomic E-state index is 11.8. The van der Waals surface area contributed by atoms with Gasteiger partial charge in [-0.05, 0) is 37.6 Å². The molecular weight excluding hydrogens is 322 g/mol. The second kappa shape index (κ2) is 11.3. The highest BCUT2D eigenvalue weighted by Gasteiger charge is 2.11. The third-order valence-corrected chi connectivity index (χ3v) is 3.71. The van der Waals surface area contributed by atoms with Gasteiger partial charge >= 0.3 is 6.03 Å². The first-order valence-electron chi connectivity index (χ1n) is 8.47. The van der Waals surface area contributed by atoms with Crippen molar-refractivity contribution < 1.29 is 19.1 Å². The summed E-state index contributed by atoms with van der Waals surface area (Å²) in [6.07, 6.45) is 2.65. The molecule has 0 radical (unpaired) electrons. The number of rotatable bonds is 10. The van der Waals surface area contributed by atoms with E-state index < -0.39 is 6.03 Å². The van der Waals surface area contributed by atoms with Gasteiger partial charge in [-0.2, -0.15) is 0 Å². The quantitative estimate of drug-likeness (QED) is 0.629. The van der Waals surface area contributed by atoms with Gasteiger partial charge in [0.25, 0.3) is 0 Å². The summed E-state index contributed by atoms with van der Waals surface area (Å²) >= 11 is 0. The Balaban J connectivity index is 2.38. The van der Waals surface area contributed by atoms with Crippen LogP contribution < -0.4 is 20.1 Å². The molecule has 3 amide bonds. The van der Waals surface area contributed by atoms with Crippen LogP contribution in [0.3, 0.4) is 0 Å². The fourth-order valence-corrected chi connectivity index (χ4v) is 2.27. The predicted octanol–water partition coefficient (Wildman–Crippen LogP) is 1.80. The monoisotopic (exact) mass is 351 g/mol. The zero-order chi connectivity index (χ0) is 18.7. The first-order valence-corrected chi connectivity index (χ1v) is 8.47. The second-order valence-corrected chi connectivity index (χ2v) is 5.83. The number of urea groups is 1. The van der Waals surface area contributed by atoms with E-state index in [0.717, 1.165) is 24.8 Å². The Hall–Kier alpha value is -2.28. The second-order valence-electron chi connectivity index (χ2n) is 5.83. The van der Waals surface area contributed by atoms with Gasteiger partial charge in [0.2, 0.25) is 5.91 Å². The van der Waals surface area contributed by atoms with Crippen LogP contribution in [0.25, 0.3) is 0 Å². The average molecular weight is 351 g/mol. The summed E-state index contributed by atoms with van der Waals surface area (Å²) in [7, 11) is 5.04. The summed E-state index contributed by atoms with van der Waals surface area (Å²) in [6, 6.07) is 5.32. The first kappa shape index (κ1) is 20.8. The zero-order valence-electron chi connectivity index (χ0n) is 15.6. The molecular formula is C18H29N3O4. The molecule has 25 heavy (non-hydrogen) atoms. The molecule has 0 aliphatic carbocycles. The number of carbonyl (C=O) groups excluding carboxylic acids is 2. The van der Waals surface area contributed by atoms with Crippen molar-refractivity contribution in [2.75, 3.05) is 40.9 Å². The molecule has 1 rings (SSSR count). The average Bonchev–Trinajstić information content (AvgIpc) is 2.59. The van der Waals surface area contributed by atoms with Crippen LogP contribution >= 0.6 is 0 Å². The van der Waals surface area contributed by atoms with Crippen LogP contribution in [-0.4, -0.2) is 57.7 Å². The van der Waals surface area contributed by atoms with Gasteiger partial charge in [-0.25, -0.2) is 4.79 Å². The number of likely N-dealkylation sites (N-methyl/N-ethyl adjacent to an activating group) is 1. The molecule has 7 heteroatoms. The van der Waals surface area contributed by atoms with Gasteiger partial charge in [-0.1, -0.05) is 19.4 Å². The number of benzene rings is 1. The number of hydrogen-bond donors (Lipinski definition) is 2. The highest BCUT2D eigenvalue weighted by molar-refractivity contribution is 5.95. The number of unbranched alkanes of at least 4 members (excludes halogenated alkanes) is 1. The van der Waals surface area contributed by atoms with Crippen LogP contribution in [0.15, 0.2) is 18.2 Å². The largest absolute Gasteiger partial charge is 0.493 e. The number of imide groups is 1. The molecule has 0 spiro atoms. The molecule has 0 atom stereocenters. The molecule has 7 nitrogen and oxygen atoms in total. The van der Waals surface area contributed by atoms with E-state index in [1.165, 1.54) is 0 Å². The number of amides is 3. The SMILES string of the molecule is CCCCNC(=O)NC(=O)CN(C)CCc1ccc(OC)c(OC)c1. The van der Waals surface area contributed by atoms with Crippen molar-refractivity contribution >= 4 is 11.9 Å². The molecule has 0 aromatic heterocycles. The lowest BCUT2D eigenvalue weighted by Crippen LogP contribution is -2.44. The molecule has 0 bridgehead atoms. The standard InChI is InChI=1S/C18H29N3O4/c1-5-6-10-19-18(23)20-17(22)13-21(2)11-9-14-7-8-15(24-3)16(12-14)25-4/h7-8,12H,5-6,9-11,13H2,1-4H3,(H2,19,20,22,23). The molecule has 2 N–H and O–H groups in total. The van der Waals surface area contributed by atoms with E-state index >= 15 is 0 Å². The maximum Gasteiger partial charge on any atom is 0.321 e. The van der Waals surface area contributed by atoms with Crippen LogP contribution in [0.4, 0.5) is 4.79 Å². The normalized spacial score (nSPS) is 10.4. The minimum atomic E-state index is -0.438. The Kier molecular flexibility index (Phi) is 9.39. The smallest absolute Gasteiger partial charge is 0.321 e. The summed E-state index contributed by atoms with van der Waals surface area (Å²) in [6.45, 7) is 3.46. The van der Waals surface area contributed by atoms with Crippen molar-refractivity contribution in [1.82, 2.24) is 15.5 Å². The van der Waals surface area contributed by atoms with Gasteiger partial charge in [0, 0.05) is 13.1 Å². The minimum absolute atomic E-state index is 0.161. The van der Waals surface area contributed by atoms with E-state index in [0.29, 0.717) is 24.6 Å². The van der Waals surface area contributed by atoms with Gasteiger partial charge in [0.15, 0.2) is 11.5 Å². The Morgan fingerprint density at radius 2 is 1.88 bits per heavy atom. The van der Waals surface area contributed by atoms with Gasteiger partial charge in [0.05, 0.1) is 20.8 Å². The molecule has 0 saturated carbocycles. The highest BCUT2D eigenvalue weighted by Crippen LogP contribution is 2.27. The molecule has 140 valence electrons. The number of nitrogens with one attached hydrogen (secondary N) is 2. The van der Waals surface area contributed by atoms with E-state index in [2.05, 4.69) is 10.6 Å². The number of hydrogen-bond acceptors (Lipinski definition) is 5. The molecule has 1 aromatic rings. The lowest BCUT2D eigenvalue weighted by Gasteiger charge is -2.16. The number of ether oxygens (including phenoxy) is 2. The topological polar surface area (TPSA) is 79.9 Å². The van der Waals surface area contributed by atoms with Crippen LogP contribution in [0.5, 0.6) is 11.5 Å². The summed E-state index contributed by atoms with van der Waals surface area (Å²) in [4.78, 5) is 25.2. The van der Waals surface area contributed by atoms with Crippen LogP contribution in [0, 0.1) is 0 Å². The number of methoxy groups -OCH3 is 2. The molecule has 0 saturated heterocycles. The summed E-state index contributed by atoms with van der Waals surface area (Å²) in [5.74, 6) is 1.06. The zero-order valence-corrected chi connectivity index (χ0v) is 15.6. The van der Waals surface area contributed by atoms with Gasteiger partial charge < -0.3 is 14.8 Å². The van der Waals surface area contributed by atoms with E-state index in [4.69, 9.17) is 9.47 Å². The van der Waals surface area contributed by atoms with E-state index in [9.17, 15) is 9.59 Å². The lowest BCUT2D eigenvalue weighted by atomic mass is 10.1. The first-order chi connectivity index (χ1) is 12.0. The predicted molar refractivity (Wildman–Crippen MR) is 97.2 cm³/mol. The Labute approximate surface area is 149 Å². The van der Waals surface area contributed by atoms with E-state index in [1.807, 2.05) is 37.1 Å². The maximum absolute atomic E-state index is 11.8. The summed E-state index contributed by atoms with van der Waals surface area (Å²) in [5.41, 5.74) is 1.09. The number of carbonyl (C=O) groups is 2. The van der Waals surface area contributed by atoms with Crippen molar-refractivity contribution in [3.8, 4) is 11.5 Å². The molecule has 0 aliphatic rings. The van der Waals surface area contributed by atoms with Crippen molar-refractivity contribution in [2.24, 2.45) is 0 Å². The van der Waals surface area contributed by atoms with Gasteiger partial charge in [-0.15, -0.1) is 0 Å². The minimum Gasteiger partial charge on any atom is -0.493 e. The molecule has 1 aromatic carbocycles. The number of nitrogens with zero attached hydrogens (tertiary/aromatic N) is 1. The molecule has 0 fully saturated rings. The molecule has 0 aliphatic heterocycles. The van der Waals surface area contributed by atoms with Crippen LogP contribution in [0.1, 0.15) is 25.3 Å². The fourth-order valence-electron chi connectivity index (χ4n) is 2.27. The Bertz CT molecular complexity index is 563. The lowest BCUT2D eigenvalue weighted by molar-refractivity contribution is -0.120. The Morgan fingerprint density at radius 3 is 2.52 bits per heavy atom. The molecule has 0 unspecified atom stereocenters. The van der Waals surface area contributed by atoms with Crippen molar-refractivity contribution in [3.63, 3.8) is 0 Å². The van der Waals surface area contributed by atoms with E-state index in [1.54, 1.807) is 14.2 Å². The van der Waals surface area contributed by atoms with Gasteiger partial charge in [-0.3, -0.25) is 15.0 Å². The van der Waals surface area contributed by atoms with E-state index in [-0.39, 0.29) is 12.5 Å². The van der Waals surface area contributed by atoms with Crippen LogP contribution in [-0.2, 0) is 11.2 Å². The third kappa shape index (κ3) is 7.89. The van der Waals surface area contributed by atoms with Crippen molar-refractivity contribution in [3.05, 3.63) is 23.8 Å².